The number of amides is 2. The molecule has 194 valence electrons. The smallest absolute Gasteiger partial charge is 0.253 e. The molecule has 8 nitrogen and oxygen atoms in total. The van der Waals surface area contributed by atoms with Gasteiger partial charge in [-0.05, 0) is 55.5 Å². The van der Waals surface area contributed by atoms with Crippen LogP contribution in [0.1, 0.15) is 59.8 Å². The second-order valence-electron chi connectivity index (χ2n) is 10.8. The van der Waals surface area contributed by atoms with E-state index in [2.05, 4.69) is 15.6 Å². The Morgan fingerprint density at radius 1 is 1.14 bits per heavy atom. The first-order valence-corrected chi connectivity index (χ1v) is 13.2. The van der Waals surface area contributed by atoms with Crippen molar-refractivity contribution in [1.82, 2.24) is 19.4 Å². The van der Waals surface area contributed by atoms with E-state index < -0.39 is 0 Å². The minimum absolute atomic E-state index is 0.0200. The lowest BCUT2D eigenvalue weighted by Gasteiger charge is -2.51. The number of hydrogen-bond acceptors (Lipinski definition) is 5. The number of likely N-dealkylation sites (tertiary alicyclic amines) is 1. The maximum Gasteiger partial charge on any atom is 0.253 e. The highest BCUT2D eigenvalue weighted by atomic mass is 16.5. The fourth-order valence-corrected chi connectivity index (χ4v) is 6.70. The summed E-state index contributed by atoms with van der Waals surface area (Å²) in [4.78, 5) is 34.8. The summed E-state index contributed by atoms with van der Waals surface area (Å²) in [7, 11) is 3.69. The lowest BCUT2D eigenvalue weighted by molar-refractivity contribution is -0.144. The zero-order valence-electron chi connectivity index (χ0n) is 21.5. The summed E-state index contributed by atoms with van der Waals surface area (Å²) in [6.45, 7) is 1.68. The van der Waals surface area contributed by atoms with Crippen molar-refractivity contribution in [3.8, 4) is 5.75 Å². The molecule has 2 amide bonds. The summed E-state index contributed by atoms with van der Waals surface area (Å²) in [5.74, 6) is 1.01. The van der Waals surface area contributed by atoms with Crippen LogP contribution in [0.5, 0.6) is 5.75 Å². The third-order valence-corrected chi connectivity index (χ3v) is 8.99. The van der Waals surface area contributed by atoms with Gasteiger partial charge in [0, 0.05) is 73.1 Å². The van der Waals surface area contributed by atoms with Gasteiger partial charge in [0.2, 0.25) is 5.91 Å². The van der Waals surface area contributed by atoms with Gasteiger partial charge in [0.1, 0.15) is 5.75 Å². The van der Waals surface area contributed by atoms with Crippen LogP contribution in [0.4, 0.5) is 0 Å². The van der Waals surface area contributed by atoms with Gasteiger partial charge in [-0.3, -0.25) is 14.6 Å². The van der Waals surface area contributed by atoms with Crippen LogP contribution in [0, 0.1) is 5.92 Å². The van der Waals surface area contributed by atoms with Gasteiger partial charge >= 0.3 is 0 Å². The summed E-state index contributed by atoms with van der Waals surface area (Å²) in [5, 5.41) is 11.8. The van der Waals surface area contributed by atoms with Crippen molar-refractivity contribution in [3.63, 3.8) is 0 Å². The molecule has 2 aliphatic heterocycles. The number of carbonyl (C=O) groups is 2. The third-order valence-electron chi connectivity index (χ3n) is 8.99. The van der Waals surface area contributed by atoms with Crippen LogP contribution in [0.2, 0.25) is 0 Å². The van der Waals surface area contributed by atoms with E-state index in [1.165, 1.54) is 5.56 Å². The van der Waals surface area contributed by atoms with E-state index in [0.717, 1.165) is 54.5 Å². The first-order valence-electron chi connectivity index (χ1n) is 13.2. The van der Waals surface area contributed by atoms with Gasteiger partial charge in [-0.15, -0.1) is 0 Å². The maximum atomic E-state index is 13.7. The Bertz CT molecular complexity index is 1340. The number of carbonyl (C=O) groups excluding carboxylic acids is 2. The SMILES string of the molecule is COc1ccc2c3c(n(C)c2c1)[C@@H](CO)N(C(=O)C1CCC1)CC31CCN(C(=O)c2ccncc2)CC1. The average Bonchev–Trinajstić information content (AvgIpc) is 3.20. The van der Waals surface area contributed by atoms with Gasteiger partial charge in [0.25, 0.3) is 5.91 Å². The van der Waals surface area contributed by atoms with Crippen LogP contribution >= 0.6 is 0 Å². The van der Waals surface area contributed by atoms with E-state index in [0.29, 0.717) is 25.2 Å². The number of ether oxygens (including phenoxy) is 1. The number of methoxy groups -OCH3 is 1. The summed E-state index contributed by atoms with van der Waals surface area (Å²) in [6.07, 6.45) is 7.75. The zero-order chi connectivity index (χ0) is 25.7. The van der Waals surface area contributed by atoms with Gasteiger partial charge in [-0.25, -0.2) is 0 Å². The molecule has 1 spiro atoms. The predicted molar refractivity (Wildman–Crippen MR) is 139 cm³/mol. The van der Waals surface area contributed by atoms with Gasteiger partial charge < -0.3 is 24.2 Å². The Balaban J connectivity index is 1.43. The molecule has 1 N–H and O–H groups in total. The topological polar surface area (TPSA) is 87.9 Å². The zero-order valence-corrected chi connectivity index (χ0v) is 21.5. The molecule has 0 radical (unpaired) electrons. The van der Waals surface area contributed by atoms with Crippen LogP contribution in [-0.4, -0.2) is 69.6 Å². The van der Waals surface area contributed by atoms with Crippen molar-refractivity contribution in [2.24, 2.45) is 13.0 Å². The van der Waals surface area contributed by atoms with Crippen molar-refractivity contribution in [3.05, 3.63) is 59.5 Å². The highest BCUT2D eigenvalue weighted by Gasteiger charge is 2.50. The molecule has 1 saturated heterocycles. The minimum Gasteiger partial charge on any atom is -0.497 e. The van der Waals surface area contributed by atoms with Crippen molar-refractivity contribution in [2.45, 2.75) is 43.6 Å². The van der Waals surface area contributed by atoms with Crippen LogP contribution in [0.3, 0.4) is 0 Å². The molecular formula is C29H34N4O4. The van der Waals surface area contributed by atoms with E-state index in [9.17, 15) is 14.7 Å². The Kier molecular flexibility index (Phi) is 5.94. The molecule has 1 aromatic carbocycles. The van der Waals surface area contributed by atoms with Crippen molar-refractivity contribution in [1.29, 1.82) is 0 Å². The summed E-state index contributed by atoms with van der Waals surface area (Å²) >= 11 is 0. The van der Waals surface area contributed by atoms with Gasteiger partial charge in [0.05, 0.1) is 25.3 Å². The van der Waals surface area contributed by atoms with E-state index in [4.69, 9.17) is 4.74 Å². The fraction of sp³-hybridized carbons (Fsp3) is 0.483. The van der Waals surface area contributed by atoms with Crippen molar-refractivity contribution >= 4 is 22.7 Å². The monoisotopic (exact) mass is 502 g/mol. The number of rotatable bonds is 4. The van der Waals surface area contributed by atoms with E-state index in [1.54, 1.807) is 31.6 Å². The van der Waals surface area contributed by atoms with Crippen LogP contribution in [0.25, 0.3) is 10.9 Å². The first kappa shape index (κ1) is 24.0. The normalized spacial score (nSPS) is 21.1. The summed E-state index contributed by atoms with van der Waals surface area (Å²) in [6, 6.07) is 9.27. The van der Waals surface area contributed by atoms with Crippen molar-refractivity contribution < 1.29 is 19.4 Å². The van der Waals surface area contributed by atoms with Crippen molar-refractivity contribution in [2.75, 3.05) is 33.4 Å². The van der Waals surface area contributed by atoms with E-state index >= 15 is 0 Å². The standard InChI is InChI=1S/C29H34N4O4/c1-31-23-16-21(37-2)6-7-22(23)25-26(31)24(17-34)33(28(36)19-4-3-5-19)18-29(25)10-14-32(15-11-29)27(35)20-8-12-30-13-9-20/h6-9,12-13,16,19,24,34H,3-5,10-11,14-15,17-18H2,1-2H3/t24-/m1/s1. The first-order chi connectivity index (χ1) is 18.0. The largest absolute Gasteiger partial charge is 0.497 e. The lowest BCUT2D eigenvalue weighted by Crippen LogP contribution is -2.57. The predicted octanol–water partition coefficient (Wildman–Crippen LogP) is 3.43. The average molecular weight is 503 g/mol. The highest BCUT2D eigenvalue weighted by molar-refractivity contribution is 5.94. The number of piperidine rings is 1. The molecule has 2 fully saturated rings. The Morgan fingerprint density at radius 3 is 2.49 bits per heavy atom. The Labute approximate surface area is 216 Å². The molecule has 1 atom stereocenters. The molecule has 3 aliphatic rings. The number of aliphatic hydroxyl groups excluding tert-OH is 1. The summed E-state index contributed by atoms with van der Waals surface area (Å²) in [5.41, 5.74) is 3.63. The molecule has 2 aromatic heterocycles. The van der Waals surface area contributed by atoms with Gasteiger partial charge in [-0.1, -0.05) is 6.42 Å². The molecule has 37 heavy (non-hydrogen) atoms. The lowest BCUT2D eigenvalue weighted by atomic mass is 9.67. The van der Waals surface area contributed by atoms with E-state index in [1.807, 2.05) is 29.0 Å². The quantitative estimate of drug-likeness (QED) is 0.591. The number of nitrogens with zero attached hydrogens (tertiary/aromatic N) is 4. The number of aliphatic hydroxyl groups is 1. The fourth-order valence-electron chi connectivity index (χ4n) is 6.70. The van der Waals surface area contributed by atoms with E-state index in [-0.39, 0.29) is 35.8 Å². The van der Waals surface area contributed by atoms with Crippen LogP contribution < -0.4 is 4.74 Å². The Morgan fingerprint density at radius 2 is 1.86 bits per heavy atom. The molecule has 8 heteroatoms. The molecule has 0 unspecified atom stereocenters. The number of aryl methyl sites for hydroxylation is 1. The maximum absolute atomic E-state index is 13.7. The number of pyridine rings is 1. The van der Waals surface area contributed by atoms with Crippen LogP contribution in [-0.2, 0) is 17.3 Å². The molecule has 1 saturated carbocycles. The second-order valence-corrected chi connectivity index (χ2v) is 10.8. The Hall–Kier alpha value is -3.39. The number of hydrogen-bond donors (Lipinski definition) is 1. The van der Waals surface area contributed by atoms with Gasteiger partial charge in [-0.2, -0.15) is 0 Å². The summed E-state index contributed by atoms with van der Waals surface area (Å²) < 4.78 is 7.66. The number of fused-ring (bicyclic) bond motifs is 4. The molecular weight excluding hydrogens is 468 g/mol. The minimum atomic E-state index is -0.381. The third kappa shape index (κ3) is 3.72. The molecule has 1 aliphatic carbocycles. The highest BCUT2D eigenvalue weighted by Crippen LogP contribution is 2.51. The molecule has 0 bridgehead atoms. The molecule has 3 aromatic rings. The molecule has 6 rings (SSSR count). The number of aromatic nitrogens is 2. The van der Waals surface area contributed by atoms with Gasteiger partial charge in [0.15, 0.2) is 0 Å². The molecule has 4 heterocycles. The number of benzene rings is 1. The second kappa shape index (κ2) is 9.17. The van der Waals surface area contributed by atoms with Crippen LogP contribution in [0.15, 0.2) is 42.7 Å².